The number of aliphatic carboxylic acids is 1. The molecule has 0 bridgehead atoms. The summed E-state index contributed by atoms with van der Waals surface area (Å²) in [4.78, 5) is 10.7. The fourth-order valence-corrected chi connectivity index (χ4v) is 2.68. The molecule has 0 spiro atoms. The first kappa shape index (κ1) is 13.2. The molecule has 1 rings (SSSR count). The zero-order valence-corrected chi connectivity index (χ0v) is 10.2. The Morgan fingerprint density at radius 2 is 2.40 bits per heavy atom. The van der Waals surface area contributed by atoms with Gasteiger partial charge in [-0.3, -0.25) is 4.79 Å². The van der Waals surface area contributed by atoms with Crippen LogP contribution in [0.15, 0.2) is 0 Å². The van der Waals surface area contributed by atoms with E-state index < -0.39 is 5.97 Å². The molecule has 0 aromatic rings. The Balaban J connectivity index is 2.01. The predicted octanol–water partition coefficient (Wildman–Crippen LogP) is 0.481. The Morgan fingerprint density at radius 3 is 3.00 bits per heavy atom. The number of carboxylic acids is 1. The van der Waals surface area contributed by atoms with E-state index in [0.717, 1.165) is 24.7 Å². The highest BCUT2D eigenvalue weighted by Crippen LogP contribution is 2.20. The van der Waals surface area contributed by atoms with Crippen molar-refractivity contribution in [3.8, 4) is 0 Å². The van der Waals surface area contributed by atoms with Crippen molar-refractivity contribution in [2.75, 3.05) is 31.3 Å². The molecule has 0 aromatic heterocycles. The van der Waals surface area contributed by atoms with Gasteiger partial charge in [-0.25, -0.2) is 0 Å². The molecule has 0 radical (unpaired) electrons. The minimum atomic E-state index is -0.746. The van der Waals surface area contributed by atoms with Crippen molar-refractivity contribution in [3.05, 3.63) is 0 Å². The van der Waals surface area contributed by atoms with Gasteiger partial charge in [0, 0.05) is 23.3 Å². The average molecular weight is 251 g/mol. The Morgan fingerprint density at radius 1 is 1.60 bits per heavy atom. The minimum Gasteiger partial charge on any atom is -0.480 e. The lowest BCUT2D eigenvalue weighted by Gasteiger charge is -2.08. The summed E-state index contributed by atoms with van der Waals surface area (Å²) in [6.45, 7) is 2.19. The van der Waals surface area contributed by atoms with Crippen LogP contribution in [0.4, 0.5) is 0 Å². The first-order valence-corrected chi connectivity index (χ1v) is 6.68. The summed E-state index contributed by atoms with van der Waals surface area (Å²) < 4.78 is 5.28. The molecule has 1 heterocycles. The lowest BCUT2D eigenvalue weighted by Crippen LogP contribution is -2.29. The van der Waals surface area contributed by atoms with Crippen molar-refractivity contribution in [2.24, 2.45) is 0 Å². The topological polar surface area (TPSA) is 58.6 Å². The SMILES string of the molecule is O=C(O)C1CC(SCCOCCS)CN1. The van der Waals surface area contributed by atoms with Crippen LogP contribution in [0, 0.1) is 0 Å². The van der Waals surface area contributed by atoms with Crippen molar-refractivity contribution in [3.63, 3.8) is 0 Å². The van der Waals surface area contributed by atoms with Gasteiger partial charge in [0.25, 0.3) is 0 Å². The van der Waals surface area contributed by atoms with Gasteiger partial charge in [0.2, 0.25) is 0 Å². The molecule has 15 heavy (non-hydrogen) atoms. The molecule has 4 nitrogen and oxygen atoms in total. The van der Waals surface area contributed by atoms with Gasteiger partial charge in [0.15, 0.2) is 0 Å². The Kier molecular flexibility index (Phi) is 6.47. The number of thioether (sulfide) groups is 1. The average Bonchev–Trinajstić information content (AvgIpc) is 2.66. The zero-order valence-electron chi connectivity index (χ0n) is 8.52. The highest BCUT2D eigenvalue weighted by Gasteiger charge is 2.28. The van der Waals surface area contributed by atoms with E-state index in [2.05, 4.69) is 17.9 Å². The number of carbonyl (C=O) groups is 1. The lowest BCUT2D eigenvalue weighted by molar-refractivity contribution is -0.139. The maximum Gasteiger partial charge on any atom is 0.320 e. The molecule has 1 fully saturated rings. The van der Waals surface area contributed by atoms with Gasteiger partial charge in [-0.05, 0) is 6.42 Å². The van der Waals surface area contributed by atoms with Gasteiger partial charge in [-0.1, -0.05) is 0 Å². The highest BCUT2D eigenvalue weighted by atomic mass is 32.2. The molecular formula is C9H17NO3S2. The molecule has 0 saturated carbocycles. The molecule has 0 aliphatic carbocycles. The van der Waals surface area contributed by atoms with Gasteiger partial charge >= 0.3 is 5.97 Å². The third-order valence-corrected chi connectivity index (χ3v) is 3.62. The van der Waals surface area contributed by atoms with Crippen molar-refractivity contribution in [1.29, 1.82) is 0 Å². The highest BCUT2D eigenvalue weighted by molar-refractivity contribution is 7.99. The quantitative estimate of drug-likeness (QED) is 0.454. The molecule has 0 aromatic carbocycles. The van der Waals surface area contributed by atoms with Crippen LogP contribution in [0.25, 0.3) is 0 Å². The summed E-state index contributed by atoms with van der Waals surface area (Å²) in [7, 11) is 0. The number of thiol groups is 1. The van der Waals surface area contributed by atoms with Crippen LogP contribution < -0.4 is 5.32 Å². The second-order valence-corrected chi connectivity index (χ2v) is 5.22. The van der Waals surface area contributed by atoms with E-state index in [1.54, 1.807) is 11.8 Å². The third kappa shape index (κ3) is 5.10. The summed E-state index contributed by atoms with van der Waals surface area (Å²) in [5, 5.41) is 12.2. The van der Waals surface area contributed by atoms with Gasteiger partial charge in [-0.2, -0.15) is 24.4 Å². The van der Waals surface area contributed by atoms with Gasteiger partial charge < -0.3 is 15.2 Å². The standard InChI is InChI=1S/C9H17NO3S2/c11-9(12)8-5-7(6-10-8)15-4-2-13-1-3-14/h7-8,10,14H,1-6H2,(H,11,12). The second kappa shape index (κ2) is 7.38. The first-order chi connectivity index (χ1) is 7.24. The van der Waals surface area contributed by atoms with Crippen molar-refractivity contribution < 1.29 is 14.6 Å². The van der Waals surface area contributed by atoms with E-state index in [-0.39, 0.29) is 6.04 Å². The maximum atomic E-state index is 10.7. The largest absolute Gasteiger partial charge is 0.480 e. The third-order valence-electron chi connectivity index (χ3n) is 2.21. The molecule has 2 unspecified atom stereocenters. The predicted molar refractivity (Wildman–Crippen MR) is 65.0 cm³/mol. The van der Waals surface area contributed by atoms with Crippen molar-refractivity contribution >= 4 is 30.4 Å². The normalized spacial score (nSPS) is 25.7. The van der Waals surface area contributed by atoms with Crippen LogP contribution in [0.3, 0.4) is 0 Å². The van der Waals surface area contributed by atoms with E-state index in [1.165, 1.54) is 0 Å². The van der Waals surface area contributed by atoms with Gasteiger partial charge in [-0.15, -0.1) is 0 Å². The molecule has 6 heteroatoms. The summed E-state index contributed by atoms with van der Waals surface area (Å²) in [5.41, 5.74) is 0. The fourth-order valence-electron chi connectivity index (χ4n) is 1.46. The van der Waals surface area contributed by atoms with E-state index in [1.807, 2.05) is 0 Å². The number of ether oxygens (including phenoxy) is 1. The summed E-state index contributed by atoms with van der Waals surface area (Å²) in [5.74, 6) is 0.924. The van der Waals surface area contributed by atoms with Crippen LogP contribution in [0.2, 0.25) is 0 Å². The van der Waals surface area contributed by atoms with Crippen LogP contribution in [-0.2, 0) is 9.53 Å². The van der Waals surface area contributed by atoms with Crippen molar-refractivity contribution in [1.82, 2.24) is 5.32 Å². The monoisotopic (exact) mass is 251 g/mol. The zero-order chi connectivity index (χ0) is 11.1. The van der Waals surface area contributed by atoms with E-state index in [4.69, 9.17) is 9.84 Å². The molecular weight excluding hydrogens is 234 g/mol. The summed E-state index contributed by atoms with van der Waals surface area (Å²) in [6.07, 6.45) is 0.715. The van der Waals surface area contributed by atoms with Crippen LogP contribution >= 0.6 is 24.4 Å². The number of hydrogen-bond acceptors (Lipinski definition) is 5. The van der Waals surface area contributed by atoms with E-state index in [0.29, 0.717) is 18.3 Å². The van der Waals surface area contributed by atoms with Gasteiger partial charge in [0.05, 0.1) is 13.2 Å². The molecule has 2 atom stereocenters. The molecule has 2 N–H and O–H groups in total. The molecule has 1 aliphatic heterocycles. The van der Waals surface area contributed by atoms with Crippen LogP contribution in [-0.4, -0.2) is 53.6 Å². The fraction of sp³-hybridized carbons (Fsp3) is 0.889. The van der Waals surface area contributed by atoms with Crippen LogP contribution in [0.1, 0.15) is 6.42 Å². The van der Waals surface area contributed by atoms with E-state index >= 15 is 0 Å². The number of carboxylic acid groups (broad SMARTS) is 1. The van der Waals surface area contributed by atoms with E-state index in [9.17, 15) is 4.79 Å². The maximum absolute atomic E-state index is 10.7. The molecule has 1 aliphatic rings. The minimum absolute atomic E-state index is 0.360. The smallest absolute Gasteiger partial charge is 0.320 e. The Bertz CT molecular complexity index is 204. The molecule has 88 valence electrons. The number of nitrogens with one attached hydrogen (secondary N) is 1. The first-order valence-electron chi connectivity index (χ1n) is 5.00. The lowest BCUT2D eigenvalue weighted by atomic mass is 10.2. The van der Waals surface area contributed by atoms with Gasteiger partial charge in [0.1, 0.15) is 6.04 Å². The van der Waals surface area contributed by atoms with Crippen LogP contribution in [0.5, 0.6) is 0 Å². The molecule has 0 amide bonds. The molecule has 1 saturated heterocycles. The Hall–Kier alpha value is 0.0900. The summed E-state index contributed by atoms with van der Waals surface area (Å²) >= 11 is 5.82. The Labute approximate surface area is 99.6 Å². The number of rotatable bonds is 7. The van der Waals surface area contributed by atoms with Crippen molar-refractivity contribution in [2.45, 2.75) is 17.7 Å². The summed E-state index contributed by atoms with van der Waals surface area (Å²) in [6, 6.07) is -0.360. The second-order valence-electron chi connectivity index (χ2n) is 3.36. The number of hydrogen-bond donors (Lipinski definition) is 3.